The number of nitrogens with zero attached hydrogens (tertiary/aromatic N) is 3. The molecule has 1 aliphatic carbocycles. The molecule has 1 saturated carbocycles. The number of hydrogen-bond donors (Lipinski definition) is 1. The summed E-state index contributed by atoms with van der Waals surface area (Å²) in [5.74, 6) is 0.943. The Morgan fingerprint density at radius 2 is 2.09 bits per heavy atom. The molecule has 1 amide bonds. The molecule has 1 N–H and O–H groups in total. The summed E-state index contributed by atoms with van der Waals surface area (Å²) in [4.78, 5) is 45.0. The first-order valence-corrected chi connectivity index (χ1v) is 11.7. The van der Waals surface area contributed by atoms with Crippen molar-refractivity contribution in [3.63, 3.8) is 0 Å². The Morgan fingerprint density at radius 1 is 1.32 bits per heavy atom. The molecule has 9 heteroatoms. The number of likely N-dealkylation sites (N-methyl/N-ethyl adjacent to an activating group) is 1. The summed E-state index contributed by atoms with van der Waals surface area (Å²) in [6.45, 7) is 5.37. The molecule has 0 unspecified atom stereocenters. The standard InChI is InChI=1S/C25H34N4O5/c1-25(2)15-20(22(30)10-11-23(31)28(3)12-13-34-4)21(25)9-8-18-16-26-24(27-18)17-6-5-7-19(14-17)29(32)33/h5-7,14,16,20-21H,8-13,15H2,1-4H3,(H,26,27)/t20-,21+/m0/s1. The highest BCUT2D eigenvalue weighted by Crippen LogP contribution is 2.53. The van der Waals surface area contributed by atoms with Gasteiger partial charge >= 0.3 is 0 Å². The van der Waals surface area contributed by atoms with E-state index in [0.29, 0.717) is 24.5 Å². The number of nitro groups is 1. The lowest BCUT2D eigenvalue weighted by atomic mass is 9.53. The van der Waals surface area contributed by atoms with E-state index >= 15 is 0 Å². The fraction of sp³-hybridized carbons (Fsp3) is 0.560. The van der Waals surface area contributed by atoms with Gasteiger partial charge in [0.15, 0.2) is 0 Å². The first kappa shape index (κ1) is 25.6. The molecular formula is C25H34N4O5. The fourth-order valence-electron chi connectivity index (χ4n) is 4.84. The summed E-state index contributed by atoms with van der Waals surface area (Å²) >= 11 is 0. The molecule has 0 saturated heterocycles. The van der Waals surface area contributed by atoms with Crippen molar-refractivity contribution in [3.8, 4) is 11.4 Å². The van der Waals surface area contributed by atoms with Crippen molar-refractivity contribution < 1.29 is 19.2 Å². The lowest BCUT2D eigenvalue weighted by molar-refractivity contribution is -0.384. The molecule has 1 aromatic heterocycles. The van der Waals surface area contributed by atoms with E-state index in [2.05, 4.69) is 23.8 Å². The number of nitrogens with one attached hydrogen (secondary N) is 1. The lowest BCUT2D eigenvalue weighted by Crippen LogP contribution is -2.48. The molecule has 9 nitrogen and oxygen atoms in total. The van der Waals surface area contributed by atoms with Gasteiger partial charge < -0.3 is 14.6 Å². The summed E-state index contributed by atoms with van der Waals surface area (Å²) in [5.41, 5.74) is 1.70. The van der Waals surface area contributed by atoms with Crippen LogP contribution in [0.2, 0.25) is 0 Å². The highest BCUT2D eigenvalue weighted by molar-refractivity contribution is 5.87. The molecule has 0 aliphatic heterocycles. The number of aromatic amines is 1. The van der Waals surface area contributed by atoms with Gasteiger partial charge in [-0.25, -0.2) is 4.98 Å². The maximum atomic E-state index is 12.9. The number of non-ortho nitro benzene ring substituents is 1. The molecule has 3 rings (SSSR count). The Hall–Kier alpha value is -3.07. The van der Waals surface area contributed by atoms with Crippen LogP contribution in [-0.4, -0.2) is 58.8 Å². The van der Waals surface area contributed by atoms with Crippen LogP contribution < -0.4 is 0 Å². The van der Waals surface area contributed by atoms with E-state index < -0.39 is 4.92 Å². The van der Waals surface area contributed by atoms with E-state index in [9.17, 15) is 19.7 Å². The van der Waals surface area contributed by atoms with Crippen LogP contribution in [0, 0.1) is 27.4 Å². The number of Topliss-reactive ketones (excluding diaryl/α,β-unsaturated/α-hetero) is 1. The van der Waals surface area contributed by atoms with Gasteiger partial charge in [-0.3, -0.25) is 19.7 Å². The van der Waals surface area contributed by atoms with E-state index in [-0.39, 0.29) is 47.5 Å². The van der Waals surface area contributed by atoms with Gasteiger partial charge in [0.1, 0.15) is 11.6 Å². The second kappa shape index (κ2) is 10.9. The number of nitro benzene ring substituents is 1. The average molecular weight is 471 g/mol. The molecular weight excluding hydrogens is 436 g/mol. The number of hydrogen-bond acceptors (Lipinski definition) is 6. The number of imidazole rings is 1. The van der Waals surface area contributed by atoms with E-state index in [1.807, 2.05) is 0 Å². The summed E-state index contributed by atoms with van der Waals surface area (Å²) in [6, 6.07) is 6.38. The van der Waals surface area contributed by atoms with Crippen molar-refractivity contribution in [1.29, 1.82) is 0 Å². The second-order valence-corrected chi connectivity index (χ2v) is 9.78. The number of aryl methyl sites for hydroxylation is 1. The molecule has 1 fully saturated rings. The SMILES string of the molecule is COCCN(C)C(=O)CCC(=O)[C@H]1CC(C)(C)[C@@H]1CCc1cnc(-c2cccc([N+](=O)[O-])c2)[nH]1. The predicted molar refractivity (Wildman–Crippen MR) is 128 cm³/mol. The molecule has 0 spiro atoms. The van der Waals surface area contributed by atoms with Crippen molar-refractivity contribution >= 4 is 17.4 Å². The van der Waals surface area contributed by atoms with Gasteiger partial charge in [0.2, 0.25) is 5.91 Å². The quantitative estimate of drug-likeness (QED) is 0.369. The monoisotopic (exact) mass is 470 g/mol. The smallest absolute Gasteiger partial charge is 0.270 e. The molecule has 1 aliphatic rings. The summed E-state index contributed by atoms with van der Waals surface area (Å²) < 4.78 is 5.00. The number of ether oxygens (including phenoxy) is 1. The Balaban J connectivity index is 1.55. The normalized spacial score (nSPS) is 18.8. The Kier molecular flexibility index (Phi) is 8.19. The zero-order chi connectivity index (χ0) is 24.9. The number of H-pyrrole nitrogens is 1. The van der Waals surface area contributed by atoms with Crippen LogP contribution in [0.1, 0.15) is 45.2 Å². The van der Waals surface area contributed by atoms with Gasteiger partial charge in [-0.1, -0.05) is 26.0 Å². The summed E-state index contributed by atoms with van der Waals surface area (Å²) in [6.07, 6.45) is 4.67. The maximum Gasteiger partial charge on any atom is 0.270 e. The number of rotatable bonds is 12. The van der Waals surface area contributed by atoms with E-state index in [1.165, 1.54) is 12.1 Å². The lowest BCUT2D eigenvalue weighted by Gasteiger charge is -2.51. The summed E-state index contributed by atoms with van der Waals surface area (Å²) in [7, 11) is 3.32. The third-order valence-corrected chi connectivity index (χ3v) is 6.97. The van der Waals surface area contributed by atoms with Crippen molar-refractivity contribution in [2.75, 3.05) is 27.3 Å². The summed E-state index contributed by atoms with van der Waals surface area (Å²) in [5, 5.41) is 11.0. The van der Waals surface area contributed by atoms with Gasteiger partial charge in [-0.15, -0.1) is 0 Å². The topological polar surface area (TPSA) is 118 Å². The number of ketones is 1. The third kappa shape index (κ3) is 6.08. The molecule has 184 valence electrons. The minimum absolute atomic E-state index is 0.0220. The number of aromatic nitrogens is 2. The van der Waals surface area contributed by atoms with Gasteiger partial charge in [0.25, 0.3) is 5.69 Å². The maximum absolute atomic E-state index is 12.9. The third-order valence-electron chi connectivity index (χ3n) is 6.97. The average Bonchev–Trinajstić information content (AvgIpc) is 3.28. The predicted octanol–water partition coefficient (Wildman–Crippen LogP) is 4.03. The van der Waals surface area contributed by atoms with Crippen LogP contribution >= 0.6 is 0 Å². The van der Waals surface area contributed by atoms with Gasteiger partial charge in [-0.2, -0.15) is 0 Å². The number of amides is 1. The zero-order valence-corrected chi connectivity index (χ0v) is 20.4. The number of carbonyl (C=O) groups is 2. The Bertz CT molecular complexity index is 1030. The Labute approximate surface area is 200 Å². The van der Waals surface area contributed by atoms with Crippen molar-refractivity contribution in [3.05, 3.63) is 46.3 Å². The first-order chi connectivity index (χ1) is 16.1. The highest BCUT2D eigenvalue weighted by Gasteiger charge is 2.49. The highest BCUT2D eigenvalue weighted by atomic mass is 16.6. The van der Waals surface area contributed by atoms with Crippen LogP contribution in [0.4, 0.5) is 5.69 Å². The van der Waals surface area contributed by atoms with Crippen molar-refractivity contribution in [2.45, 2.75) is 46.0 Å². The molecule has 2 aromatic rings. The molecule has 0 radical (unpaired) electrons. The Morgan fingerprint density at radius 3 is 2.76 bits per heavy atom. The molecule has 0 bridgehead atoms. The van der Waals surface area contributed by atoms with Crippen molar-refractivity contribution in [1.82, 2.24) is 14.9 Å². The van der Waals surface area contributed by atoms with Crippen LogP contribution in [0.25, 0.3) is 11.4 Å². The van der Waals surface area contributed by atoms with Crippen molar-refractivity contribution in [2.24, 2.45) is 17.3 Å². The fourth-order valence-corrected chi connectivity index (χ4v) is 4.84. The van der Waals surface area contributed by atoms with Crippen LogP contribution in [0.5, 0.6) is 0 Å². The van der Waals surface area contributed by atoms with Crippen LogP contribution in [-0.2, 0) is 20.7 Å². The number of benzene rings is 1. The van der Waals surface area contributed by atoms with Crippen LogP contribution in [0.15, 0.2) is 30.5 Å². The van der Waals surface area contributed by atoms with E-state index in [1.54, 1.807) is 37.4 Å². The molecule has 2 atom stereocenters. The van der Waals surface area contributed by atoms with Crippen LogP contribution in [0.3, 0.4) is 0 Å². The first-order valence-electron chi connectivity index (χ1n) is 11.7. The molecule has 34 heavy (non-hydrogen) atoms. The largest absolute Gasteiger partial charge is 0.383 e. The van der Waals surface area contributed by atoms with Gasteiger partial charge in [-0.05, 0) is 30.6 Å². The van der Waals surface area contributed by atoms with Gasteiger partial charge in [0, 0.05) is 69.0 Å². The minimum atomic E-state index is -0.422. The second-order valence-electron chi connectivity index (χ2n) is 9.78. The van der Waals surface area contributed by atoms with E-state index in [4.69, 9.17) is 4.74 Å². The molecule has 1 heterocycles. The number of methoxy groups -OCH3 is 1. The minimum Gasteiger partial charge on any atom is -0.383 e. The number of carbonyl (C=O) groups excluding carboxylic acids is 2. The van der Waals surface area contributed by atoms with E-state index in [0.717, 1.165) is 25.0 Å². The zero-order valence-electron chi connectivity index (χ0n) is 20.4. The molecule has 1 aromatic carbocycles. The van der Waals surface area contributed by atoms with Gasteiger partial charge in [0.05, 0.1) is 11.5 Å².